The van der Waals surface area contributed by atoms with Crippen molar-refractivity contribution in [1.29, 1.82) is 0 Å². The zero-order valence-electron chi connectivity index (χ0n) is 14.5. The molecule has 1 N–H and O–H groups in total. The molecule has 0 aromatic heterocycles. The van der Waals surface area contributed by atoms with Crippen molar-refractivity contribution in [3.05, 3.63) is 69.7 Å². The Bertz CT molecular complexity index is 683. The topological polar surface area (TPSA) is 29.5 Å². The summed E-state index contributed by atoms with van der Waals surface area (Å²) >= 11 is 21.9. The molecule has 1 fully saturated rings. The third-order valence-corrected chi connectivity index (χ3v) is 7.58. The van der Waals surface area contributed by atoms with Gasteiger partial charge in [0.2, 0.25) is 0 Å². The second-order valence-corrected chi connectivity index (χ2v) is 10.4. The number of ether oxygens (including phenoxy) is 1. The molecule has 1 saturated heterocycles. The van der Waals surface area contributed by atoms with Gasteiger partial charge in [0.25, 0.3) is 0 Å². The van der Waals surface area contributed by atoms with Gasteiger partial charge in [-0.2, -0.15) is 0 Å². The Kier molecular flexibility index (Phi) is 10.7. The first-order valence-electron chi connectivity index (χ1n) is 8.53. The van der Waals surface area contributed by atoms with Crippen molar-refractivity contribution in [2.45, 2.75) is 34.7 Å². The van der Waals surface area contributed by atoms with Crippen molar-refractivity contribution >= 4 is 71.0 Å². The molecule has 0 bridgehead atoms. The van der Waals surface area contributed by atoms with Crippen LogP contribution in [0.4, 0.5) is 0 Å². The normalized spacial score (nSPS) is 21.3. The van der Waals surface area contributed by atoms with Crippen molar-refractivity contribution in [2.24, 2.45) is 0 Å². The van der Waals surface area contributed by atoms with E-state index >= 15 is 0 Å². The number of aliphatic hydroxyl groups excluding tert-OH is 1. The van der Waals surface area contributed by atoms with Crippen molar-refractivity contribution < 1.29 is 9.84 Å². The predicted octanol–water partition coefficient (Wildman–Crippen LogP) is 7.49. The Morgan fingerprint density at radius 1 is 1.04 bits per heavy atom. The first-order valence-corrected chi connectivity index (χ1v) is 12.2. The lowest BCUT2D eigenvalue weighted by Gasteiger charge is -2.13. The standard InChI is InChI=1S/C10H11Br2ClO.C10H10BrClO/c11-6-8(12)5-10(14)7-1-3-9(13)4-2-7;11-8-5-10(13-6-8)7-1-3-9(12)4-2-7/h1-4,8,10,14H,5-6H2;1-4,8,10H,5-6H2/t2*8?,10-/m11/s1. The van der Waals surface area contributed by atoms with Crippen LogP contribution in [-0.2, 0) is 4.74 Å². The summed E-state index contributed by atoms with van der Waals surface area (Å²) in [6.45, 7) is 0.799. The van der Waals surface area contributed by atoms with Gasteiger partial charge >= 0.3 is 0 Å². The minimum Gasteiger partial charge on any atom is -0.388 e. The number of alkyl halides is 3. The van der Waals surface area contributed by atoms with E-state index in [2.05, 4.69) is 47.8 Å². The minimum absolute atomic E-state index is 0.238. The summed E-state index contributed by atoms with van der Waals surface area (Å²) in [7, 11) is 0. The number of benzene rings is 2. The Hall–Kier alpha value is 0.380. The smallest absolute Gasteiger partial charge is 0.0837 e. The third-order valence-electron chi connectivity index (χ3n) is 4.09. The fourth-order valence-corrected chi connectivity index (χ4v) is 3.99. The summed E-state index contributed by atoms with van der Waals surface area (Å²) < 4.78 is 5.60. The lowest BCUT2D eigenvalue weighted by atomic mass is 10.1. The fraction of sp³-hybridized carbons (Fsp3) is 0.400. The maximum atomic E-state index is 9.82. The van der Waals surface area contributed by atoms with E-state index in [0.717, 1.165) is 28.9 Å². The largest absolute Gasteiger partial charge is 0.388 e. The van der Waals surface area contributed by atoms with Crippen LogP contribution in [-0.4, -0.2) is 26.7 Å². The van der Waals surface area contributed by atoms with Gasteiger partial charge in [0, 0.05) is 25.0 Å². The number of halogens is 5. The highest BCUT2D eigenvalue weighted by Crippen LogP contribution is 2.32. The van der Waals surface area contributed by atoms with E-state index in [9.17, 15) is 5.11 Å². The van der Waals surface area contributed by atoms with Crippen LogP contribution in [0.3, 0.4) is 0 Å². The van der Waals surface area contributed by atoms with Crippen LogP contribution < -0.4 is 0 Å². The van der Waals surface area contributed by atoms with Gasteiger partial charge in [0.1, 0.15) is 0 Å². The Morgan fingerprint density at radius 2 is 1.59 bits per heavy atom. The van der Waals surface area contributed by atoms with Gasteiger partial charge < -0.3 is 9.84 Å². The maximum absolute atomic E-state index is 9.82. The predicted molar refractivity (Wildman–Crippen MR) is 125 cm³/mol. The minimum atomic E-state index is -0.436. The SMILES string of the molecule is Clc1ccc([C@H]2CC(Br)CO2)cc1.O[C@H](CC(Br)CBr)c1ccc(Cl)cc1. The van der Waals surface area contributed by atoms with Crippen LogP contribution in [0.5, 0.6) is 0 Å². The van der Waals surface area contributed by atoms with E-state index in [1.165, 1.54) is 5.56 Å². The quantitative estimate of drug-likeness (QED) is 0.359. The highest BCUT2D eigenvalue weighted by atomic mass is 79.9. The number of hydrogen-bond donors (Lipinski definition) is 1. The molecule has 0 aliphatic carbocycles. The lowest BCUT2D eigenvalue weighted by Crippen LogP contribution is -2.07. The lowest BCUT2D eigenvalue weighted by molar-refractivity contribution is 0.112. The Labute approximate surface area is 196 Å². The zero-order valence-corrected chi connectivity index (χ0v) is 20.8. The van der Waals surface area contributed by atoms with Crippen molar-refractivity contribution in [2.75, 3.05) is 11.9 Å². The number of rotatable bonds is 5. The van der Waals surface area contributed by atoms with E-state index in [1.54, 1.807) is 12.1 Å². The molecule has 7 heteroatoms. The highest BCUT2D eigenvalue weighted by molar-refractivity contribution is 9.12. The molecule has 2 aromatic rings. The van der Waals surface area contributed by atoms with Gasteiger partial charge in [-0.3, -0.25) is 0 Å². The van der Waals surface area contributed by atoms with Crippen molar-refractivity contribution in [1.82, 2.24) is 0 Å². The summed E-state index contributed by atoms with van der Waals surface area (Å²) in [4.78, 5) is 0.779. The van der Waals surface area contributed by atoms with E-state index in [0.29, 0.717) is 16.3 Å². The molecule has 148 valence electrons. The second kappa shape index (κ2) is 12.2. The molecule has 0 amide bonds. The third kappa shape index (κ3) is 8.33. The zero-order chi connectivity index (χ0) is 19.8. The van der Waals surface area contributed by atoms with E-state index in [4.69, 9.17) is 27.9 Å². The molecule has 2 unspecified atom stereocenters. The molecule has 2 nitrogen and oxygen atoms in total. The Morgan fingerprint density at radius 3 is 2.07 bits per heavy atom. The van der Waals surface area contributed by atoms with Crippen LogP contribution in [0.15, 0.2) is 48.5 Å². The molecule has 0 saturated carbocycles. The van der Waals surface area contributed by atoms with Crippen LogP contribution in [0.25, 0.3) is 0 Å². The van der Waals surface area contributed by atoms with Crippen LogP contribution in [0.2, 0.25) is 10.0 Å². The fourth-order valence-electron chi connectivity index (χ4n) is 2.62. The molecule has 1 heterocycles. The molecule has 3 rings (SSSR count). The van der Waals surface area contributed by atoms with Gasteiger partial charge in [-0.25, -0.2) is 0 Å². The summed E-state index contributed by atoms with van der Waals surface area (Å²) in [5.41, 5.74) is 2.12. The van der Waals surface area contributed by atoms with E-state index < -0.39 is 6.10 Å². The molecule has 1 aliphatic heterocycles. The van der Waals surface area contributed by atoms with Gasteiger partial charge in [0.15, 0.2) is 0 Å². The average Bonchev–Trinajstić information content (AvgIpc) is 3.09. The van der Waals surface area contributed by atoms with Crippen LogP contribution in [0.1, 0.15) is 36.2 Å². The average molecular weight is 604 g/mol. The highest BCUT2D eigenvalue weighted by Gasteiger charge is 2.24. The second-order valence-electron chi connectivity index (χ2n) is 6.26. The molecule has 1 aliphatic rings. The van der Waals surface area contributed by atoms with E-state index in [1.807, 2.05) is 36.4 Å². The number of hydrogen-bond acceptors (Lipinski definition) is 2. The maximum Gasteiger partial charge on any atom is 0.0837 e. The molecule has 2 aromatic carbocycles. The molecule has 0 spiro atoms. The summed E-state index contributed by atoms with van der Waals surface area (Å²) in [6, 6.07) is 15.1. The molecule has 0 radical (unpaired) electrons. The van der Waals surface area contributed by atoms with Gasteiger partial charge in [-0.05, 0) is 48.2 Å². The van der Waals surface area contributed by atoms with Crippen molar-refractivity contribution in [3.8, 4) is 0 Å². The van der Waals surface area contributed by atoms with Crippen LogP contribution in [0, 0.1) is 0 Å². The van der Waals surface area contributed by atoms with E-state index in [-0.39, 0.29) is 10.9 Å². The van der Waals surface area contributed by atoms with Gasteiger partial charge in [0.05, 0.1) is 18.8 Å². The van der Waals surface area contributed by atoms with Gasteiger partial charge in [-0.15, -0.1) is 0 Å². The first kappa shape index (κ1) is 23.7. The van der Waals surface area contributed by atoms with Crippen molar-refractivity contribution in [3.63, 3.8) is 0 Å². The van der Waals surface area contributed by atoms with Crippen LogP contribution >= 0.6 is 71.0 Å². The summed E-state index contributed by atoms with van der Waals surface area (Å²) in [6.07, 6.45) is 1.53. The Balaban J connectivity index is 0.000000194. The number of aliphatic hydroxyl groups is 1. The summed E-state index contributed by atoms with van der Waals surface area (Å²) in [5.74, 6) is 0. The molecule has 4 atom stereocenters. The van der Waals surface area contributed by atoms with Gasteiger partial charge in [-0.1, -0.05) is 95.3 Å². The summed E-state index contributed by atoms with van der Waals surface area (Å²) in [5, 5.41) is 12.1. The monoisotopic (exact) mass is 600 g/mol. The first-order chi connectivity index (χ1) is 12.9. The molecular formula is C20H21Br3Cl2O2. The molecule has 27 heavy (non-hydrogen) atoms. The molecular weight excluding hydrogens is 583 g/mol.